The highest BCUT2D eigenvalue weighted by molar-refractivity contribution is 8.01. The van der Waals surface area contributed by atoms with Crippen LogP contribution in [-0.2, 0) is 0 Å². The standard InChI is InChI=1S/C18H16N2O3S2/c1-2-23-15-9-10-16-17(12-15)25-18(19-16)24-11-3-4-13-5-7-14(8-6-13)20(21)22/h3-10,12H,2,11H2,1H3/b4-3+. The Morgan fingerprint density at radius 3 is 2.80 bits per heavy atom. The third-order valence-electron chi connectivity index (χ3n) is 3.37. The van der Waals surface area contributed by atoms with E-state index in [-0.39, 0.29) is 5.69 Å². The SMILES string of the molecule is CCOc1ccc2nc(SC/C=C/c3ccc([N+](=O)[O-])cc3)sc2c1. The molecule has 3 aromatic rings. The Bertz CT molecular complexity index is 904. The second-order valence-electron chi connectivity index (χ2n) is 5.10. The number of hydrogen-bond acceptors (Lipinski definition) is 6. The Morgan fingerprint density at radius 2 is 2.08 bits per heavy atom. The summed E-state index contributed by atoms with van der Waals surface area (Å²) < 4.78 is 7.64. The van der Waals surface area contributed by atoms with E-state index in [1.165, 1.54) is 12.1 Å². The topological polar surface area (TPSA) is 65.3 Å². The first-order valence-electron chi connectivity index (χ1n) is 7.73. The van der Waals surface area contributed by atoms with Crippen molar-refractivity contribution >= 4 is 45.1 Å². The van der Waals surface area contributed by atoms with Crippen molar-refractivity contribution in [3.8, 4) is 5.75 Å². The van der Waals surface area contributed by atoms with Crippen molar-refractivity contribution in [3.05, 3.63) is 64.2 Å². The summed E-state index contributed by atoms with van der Waals surface area (Å²) in [6, 6.07) is 12.4. The summed E-state index contributed by atoms with van der Waals surface area (Å²) >= 11 is 3.32. The molecule has 0 saturated heterocycles. The van der Waals surface area contributed by atoms with Gasteiger partial charge in [-0.25, -0.2) is 4.98 Å². The van der Waals surface area contributed by atoms with Crippen molar-refractivity contribution in [2.45, 2.75) is 11.3 Å². The highest BCUT2D eigenvalue weighted by atomic mass is 32.2. The first-order chi connectivity index (χ1) is 12.2. The number of non-ortho nitro benzene ring substituents is 1. The summed E-state index contributed by atoms with van der Waals surface area (Å²) in [6.07, 6.45) is 3.99. The van der Waals surface area contributed by atoms with Crippen molar-refractivity contribution in [2.24, 2.45) is 0 Å². The predicted octanol–water partition coefficient (Wildman–Crippen LogP) is 5.41. The number of aromatic nitrogens is 1. The van der Waals surface area contributed by atoms with Gasteiger partial charge in [0.25, 0.3) is 5.69 Å². The van der Waals surface area contributed by atoms with Crippen LogP contribution < -0.4 is 4.74 Å². The van der Waals surface area contributed by atoms with Gasteiger partial charge in [-0.2, -0.15) is 0 Å². The van der Waals surface area contributed by atoms with Gasteiger partial charge in [-0.05, 0) is 42.8 Å². The number of thiazole rings is 1. The van der Waals surface area contributed by atoms with Crippen LogP contribution in [0.5, 0.6) is 5.75 Å². The number of hydrogen-bond donors (Lipinski definition) is 0. The molecule has 0 saturated carbocycles. The van der Waals surface area contributed by atoms with Gasteiger partial charge in [0.2, 0.25) is 0 Å². The summed E-state index contributed by atoms with van der Waals surface area (Å²) in [5, 5.41) is 10.6. The number of nitro benzene ring substituents is 1. The van der Waals surface area contributed by atoms with Gasteiger partial charge >= 0.3 is 0 Å². The van der Waals surface area contributed by atoms with Gasteiger partial charge in [0.05, 0.1) is 21.7 Å². The molecule has 0 aliphatic heterocycles. The van der Waals surface area contributed by atoms with E-state index in [1.807, 2.05) is 37.3 Å². The Balaban J connectivity index is 1.59. The predicted molar refractivity (Wildman–Crippen MR) is 104 cm³/mol. The summed E-state index contributed by atoms with van der Waals surface area (Å²) in [7, 11) is 0. The number of nitro groups is 1. The van der Waals surface area contributed by atoms with Gasteiger partial charge in [0.15, 0.2) is 4.34 Å². The molecule has 1 aromatic heterocycles. The zero-order chi connectivity index (χ0) is 17.6. The highest BCUT2D eigenvalue weighted by Crippen LogP contribution is 2.32. The number of fused-ring (bicyclic) bond motifs is 1. The first-order valence-corrected chi connectivity index (χ1v) is 9.53. The van der Waals surface area contributed by atoms with E-state index in [9.17, 15) is 10.1 Å². The van der Waals surface area contributed by atoms with E-state index in [1.54, 1.807) is 35.2 Å². The monoisotopic (exact) mass is 372 g/mol. The molecule has 0 atom stereocenters. The fraction of sp³-hybridized carbons (Fsp3) is 0.167. The fourth-order valence-corrected chi connectivity index (χ4v) is 4.15. The molecule has 0 bridgehead atoms. The van der Waals surface area contributed by atoms with Crippen LogP contribution in [0.2, 0.25) is 0 Å². The lowest BCUT2D eigenvalue weighted by Gasteiger charge is -2.00. The Morgan fingerprint density at radius 1 is 1.28 bits per heavy atom. The molecule has 1 heterocycles. The average molecular weight is 372 g/mol. The van der Waals surface area contributed by atoms with Crippen molar-refractivity contribution < 1.29 is 9.66 Å². The molecule has 0 spiro atoms. The molecule has 3 rings (SSSR count). The smallest absolute Gasteiger partial charge is 0.269 e. The number of thioether (sulfide) groups is 1. The molecule has 7 heteroatoms. The van der Waals surface area contributed by atoms with E-state index in [0.717, 1.165) is 31.6 Å². The minimum Gasteiger partial charge on any atom is -0.494 e. The van der Waals surface area contributed by atoms with Crippen molar-refractivity contribution in [1.82, 2.24) is 4.98 Å². The van der Waals surface area contributed by atoms with Crippen molar-refractivity contribution in [1.29, 1.82) is 0 Å². The van der Waals surface area contributed by atoms with E-state index in [2.05, 4.69) is 4.98 Å². The first kappa shape index (κ1) is 17.4. The van der Waals surface area contributed by atoms with Crippen LogP contribution in [0.3, 0.4) is 0 Å². The zero-order valence-electron chi connectivity index (χ0n) is 13.5. The molecule has 0 unspecified atom stereocenters. The molecule has 5 nitrogen and oxygen atoms in total. The number of ether oxygens (including phenoxy) is 1. The highest BCUT2D eigenvalue weighted by Gasteiger charge is 2.05. The van der Waals surface area contributed by atoms with Gasteiger partial charge in [0, 0.05) is 17.9 Å². The molecule has 0 fully saturated rings. The molecule has 25 heavy (non-hydrogen) atoms. The molecule has 2 aromatic carbocycles. The number of nitrogens with zero attached hydrogens (tertiary/aromatic N) is 2. The van der Waals surface area contributed by atoms with Crippen LogP contribution in [-0.4, -0.2) is 22.3 Å². The fourth-order valence-electron chi connectivity index (χ4n) is 2.21. The minimum atomic E-state index is -0.395. The molecule has 128 valence electrons. The Kier molecular flexibility index (Phi) is 5.67. The largest absolute Gasteiger partial charge is 0.494 e. The van der Waals surface area contributed by atoms with Gasteiger partial charge in [-0.3, -0.25) is 10.1 Å². The summed E-state index contributed by atoms with van der Waals surface area (Å²) in [5.41, 5.74) is 2.03. The quantitative estimate of drug-likeness (QED) is 0.315. The van der Waals surface area contributed by atoms with E-state index >= 15 is 0 Å². The molecule has 0 aliphatic carbocycles. The van der Waals surface area contributed by atoms with Crippen molar-refractivity contribution in [3.63, 3.8) is 0 Å². The van der Waals surface area contributed by atoms with Gasteiger partial charge in [0.1, 0.15) is 5.75 Å². The Hall–Kier alpha value is -2.38. The maximum Gasteiger partial charge on any atom is 0.269 e. The van der Waals surface area contributed by atoms with Crippen LogP contribution in [0.4, 0.5) is 5.69 Å². The van der Waals surface area contributed by atoms with Gasteiger partial charge in [-0.15, -0.1) is 11.3 Å². The third-order valence-corrected chi connectivity index (χ3v) is 5.48. The van der Waals surface area contributed by atoms with Crippen LogP contribution in [0.15, 0.2) is 52.9 Å². The van der Waals surface area contributed by atoms with Crippen LogP contribution in [0, 0.1) is 10.1 Å². The minimum absolute atomic E-state index is 0.104. The average Bonchev–Trinajstić information content (AvgIpc) is 3.01. The molecular formula is C18H16N2O3S2. The molecule has 0 amide bonds. The molecule has 0 radical (unpaired) electrons. The lowest BCUT2D eigenvalue weighted by atomic mass is 10.2. The summed E-state index contributed by atoms with van der Waals surface area (Å²) in [4.78, 5) is 14.8. The van der Waals surface area contributed by atoms with Crippen LogP contribution in [0.1, 0.15) is 12.5 Å². The molecule has 0 aliphatic rings. The second kappa shape index (κ2) is 8.13. The summed E-state index contributed by atoms with van der Waals surface area (Å²) in [5.74, 6) is 1.66. The number of benzene rings is 2. The van der Waals surface area contributed by atoms with Gasteiger partial charge < -0.3 is 4.74 Å². The van der Waals surface area contributed by atoms with Crippen LogP contribution >= 0.6 is 23.1 Å². The van der Waals surface area contributed by atoms with E-state index in [4.69, 9.17) is 4.74 Å². The number of rotatable bonds is 7. The summed E-state index contributed by atoms with van der Waals surface area (Å²) in [6.45, 7) is 2.62. The normalized spacial score (nSPS) is 11.2. The van der Waals surface area contributed by atoms with Gasteiger partial charge in [-0.1, -0.05) is 23.9 Å². The third kappa shape index (κ3) is 4.58. The maximum atomic E-state index is 10.6. The lowest BCUT2D eigenvalue weighted by molar-refractivity contribution is -0.384. The second-order valence-corrected chi connectivity index (χ2v) is 7.40. The zero-order valence-corrected chi connectivity index (χ0v) is 15.2. The Labute approximate surface area is 153 Å². The lowest BCUT2D eigenvalue weighted by Crippen LogP contribution is -1.89. The molecule has 0 N–H and O–H groups in total. The van der Waals surface area contributed by atoms with E-state index < -0.39 is 4.92 Å². The van der Waals surface area contributed by atoms with E-state index in [0.29, 0.717) is 6.61 Å². The van der Waals surface area contributed by atoms with Crippen LogP contribution in [0.25, 0.3) is 16.3 Å². The maximum absolute atomic E-state index is 10.6. The van der Waals surface area contributed by atoms with Crippen molar-refractivity contribution in [2.75, 3.05) is 12.4 Å². The molecular weight excluding hydrogens is 356 g/mol.